The molecule has 0 unspecified atom stereocenters. The van der Waals surface area contributed by atoms with Crippen molar-refractivity contribution in [2.24, 2.45) is 0 Å². The third-order valence-electron chi connectivity index (χ3n) is 2.15. The molecule has 0 saturated carbocycles. The van der Waals surface area contributed by atoms with Gasteiger partial charge in [0.1, 0.15) is 11.5 Å². The van der Waals surface area contributed by atoms with E-state index >= 15 is 0 Å². The molecule has 1 rings (SSSR count). The van der Waals surface area contributed by atoms with Crippen molar-refractivity contribution in [2.75, 3.05) is 0 Å². The Balaban J connectivity index is 3.53. The van der Waals surface area contributed by atoms with Crippen molar-refractivity contribution in [3.05, 3.63) is 29.3 Å². The second-order valence-electron chi connectivity index (χ2n) is 3.34. The molecule has 0 fully saturated rings. The van der Waals surface area contributed by atoms with Crippen molar-refractivity contribution >= 4 is 5.57 Å². The molecule has 0 aliphatic heterocycles. The van der Waals surface area contributed by atoms with Gasteiger partial charge in [0.25, 0.3) is 0 Å². The summed E-state index contributed by atoms with van der Waals surface area (Å²) in [6.45, 7) is 9.12. The van der Waals surface area contributed by atoms with Crippen LogP contribution in [0, 0.1) is 13.8 Å². The third-order valence-corrected chi connectivity index (χ3v) is 2.15. The Kier molecular flexibility index (Phi) is 2.32. The maximum absolute atomic E-state index is 9.71. The molecule has 1 aromatic rings. The van der Waals surface area contributed by atoms with Crippen molar-refractivity contribution in [1.82, 2.24) is 0 Å². The van der Waals surface area contributed by atoms with Crippen molar-refractivity contribution in [3.63, 3.8) is 0 Å². The monoisotopic (exact) mass is 178 g/mol. The van der Waals surface area contributed by atoms with Gasteiger partial charge in [-0.1, -0.05) is 6.58 Å². The van der Waals surface area contributed by atoms with E-state index in [0.29, 0.717) is 5.56 Å². The minimum absolute atomic E-state index is 0.125. The Morgan fingerprint density at radius 2 is 1.85 bits per heavy atom. The Hall–Kier alpha value is -1.44. The molecule has 0 aliphatic carbocycles. The predicted octanol–water partition coefficient (Wildman–Crippen LogP) is 2.75. The molecule has 0 aliphatic rings. The summed E-state index contributed by atoms with van der Waals surface area (Å²) in [5, 5.41) is 19.1. The number of phenols is 2. The van der Waals surface area contributed by atoms with Crippen LogP contribution in [-0.4, -0.2) is 10.2 Å². The molecule has 0 heterocycles. The number of aryl methyl sites for hydroxylation is 1. The van der Waals surface area contributed by atoms with Crippen LogP contribution in [0.15, 0.2) is 12.6 Å². The zero-order chi connectivity index (χ0) is 10.2. The van der Waals surface area contributed by atoms with Crippen LogP contribution in [0.4, 0.5) is 0 Å². The predicted molar refractivity (Wildman–Crippen MR) is 54.0 cm³/mol. The topological polar surface area (TPSA) is 40.5 Å². The van der Waals surface area contributed by atoms with Gasteiger partial charge in [-0.3, -0.25) is 0 Å². The van der Waals surface area contributed by atoms with E-state index in [9.17, 15) is 10.2 Å². The summed E-state index contributed by atoms with van der Waals surface area (Å²) in [5.74, 6) is 0.255. The summed E-state index contributed by atoms with van der Waals surface area (Å²) >= 11 is 0. The molecule has 0 spiro atoms. The largest absolute Gasteiger partial charge is 0.508 e. The van der Waals surface area contributed by atoms with E-state index in [-0.39, 0.29) is 11.5 Å². The fraction of sp³-hybridized carbons (Fsp3) is 0.273. The Labute approximate surface area is 78.2 Å². The lowest BCUT2D eigenvalue weighted by Crippen LogP contribution is -1.89. The smallest absolute Gasteiger partial charge is 0.129 e. The first-order valence-electron chi connectivity index (χ1n) is 4.13. The number of benzene rings is 1. The fourth-order valence-electron chi connectivity index (χ4n) is 1.42. The number of phenolic OH excluding ortho intramolecular Hbond substituents is 2. The first-order chi connectivity index (χ1) is 5.95. The van der Waals surface area contributed by atoms with Gasteiger partial charge in [0.05, 0.1) is 0 Å². The van der Waals surface area contributed by atoms with E-state index < -0.39 is 0 Å². The van der Waals surface area contributed by atoms with Gasteiger partial charge < -0.3 is 10.2 Å². The molecule has 2 N–H and O–H groups in total. The zero-order valence-corrected chi connectivity index (χ0v) is 8.18. The van der Waals surface area contributed by atoms with Crippen LogP contribution in [0.2, 0.25) is 0 Å². The standard InChI is InChI=1S/C11H14O2/c1-6(2)10-7(3)5-9(12)8(4)11(10)13/h5,12-13H,1H2,2-4H3. The van der Waals surface area contributed by atoms with Gasteiger partial charge >= 0.3 is 0 Å². The van der Waals surface area contributed by atoms with Crippen molar-refractivity contribution in [1.29, 1.82) is 0 Å². The summed E-state index contributed by atoms with van der Waals surface area (Å²) < 4.78 is 0. The lowest BCUT2D eigenvalue weighted by Gasteiger charge is -2.11. The van der Waals surface area contributed by atoms with E-state index in [1.807, 2.05) is 13.8 Å². The normalized spacial score (nSPS) is 10.1. The summed E-state index contributed by atoms with van der Waals surface area (Å²) in [6.07, 6.45) is 0. The van der Waals surface area contributed by atoms with Gasteiger partial charge in [0, 0.05) is 11.1 Å². The van der Waals surface area contributed by atoms with Crippen LogP contribution < -0.4 is 0 Å². The highest BCUT2D eigenvalue weighted by molar-refractivity contribution is 5.72. The van der Waals surface area contributed by atoms with Gasteiger partial charge in [-0.05, 0) is 38.0 Å². The molecular weight excluding hydrogens is 164 g/mol. The first kappa shape index (κ1) is 9.65. The van der Waals surface area contributed by atoms with Crippen LogP contribution in [0.25, 0.3) is 5.57 Å². The summed E-state index contributed by atoms with van der Waals surface area (Å²) in [7, 11) is 0. The molecule has 0 atom stereocenters. The summed E-state index contributed by atoms with van der Waals surface area (Å²) in [6, 6.07) is 1.64. The van der Waals surface area contributed by atoms with Crippen LogP contribution in [0.5, 0.6) is 11.5 Å². The number of aromatic hydroxyl groups is 2. The molecule has 0 amide bonds. The highest BCUT2D eigenvalue weighted by atomic mass is 16.3. The minimum atomic E-state index is 0.125. The van der Waals surface area contributed by atoms with Gasteiger partial charge in [0.2, 0.25) is 0 Å². The van der Waals surface area contributed by atoms with E-state index in [0.717, 1.165) is 16.7 Å². The molecular formula is C11H14O2. The lowest BCUT2D eigenvalue weighted by atomic mass is 9.98. The van der Waals surface area contributed by atoms with Crippen LogP contribution in [0.3, 0.4) is 0 Å². The molecule has 1 aromatic carbocycles. The molecule has 70 valence electrons. The van der Waals surface area contributed by atoms with Gasteiger partial charge in [-0.25, -0.2) is 0 Å². The molecule has 0 radical (unpaired) electrons. The fourth-order valence-corrected chi connectivity index (χ4v) is 1.42. The molecule has 13 heavy (non-hydrogen) atoms. The summed E-state index contributed by atoms with van der Waals surface area (Å²) in [4.78, 5) is 0. The van der Waals surface area contributed by atoms with Crippen LogP contribution >= 0.6 is 0 Å². The molecule has 2 nitrogen and oxygen atoms in total. The van der Waals surface area contributed by atoms with E-state index in [4.69, 9.17) is 0 Å². The number of hydrogen-bond acceptors (Lipinski definition) is 2. The Morgan fingerprint density at radius 3 is 2.31 bits per heavy atom. The zero-order valence-electron chi connectivity index (χ0n) is 8.18. The van der Waals surface area contributed by atoms with Crippen molar-refractivity contribution in [3.8, 4) is 11.5 Å². The number of allylic oxidation sites excluding steroid dienone is 1. The van der Waals surface area contributed by atoms with E-state index in [2.05, 4.69) is 6.58 Å². The average molecular weight is 178 g/mol. The van der Waals surface area contributed by atoms with Crippen LogP contribution in [-0.2, 0) is 0 Å². The summed E-state index contributed by atoms with van der Waals surface area (Å²) in [5.41, 5.74) is 2.88. The lowest BCUT2D eigenvalue weighted by molar-refractivity contribution is 0.441. The second-order valence-corrected chi connectivity index (χ2v) is 3.34. The second kappa shape index (κ2) is 3.13. The maximum atomic E-state index is 9.71. The molecule has 2 heteroatoms. The SMILES string of the molecule is C=C(C)c1c(C)cc(O)c(C)c1O. The number of hydrogen-bond donors (Lipinski definition) is 2. The number of rotatable bonds is 1. The van der Waals surface area contributed by atoms with Crippen molar-refractivity contribution in [2.45, 2.75) is 20.8 Å². The van der Waals surface area contributed by atoms with Gasteiger partial charge in [-0.15, -0.1) is 0 Å². The third kappa shape index (κ3) is 1.52. The van der Waals surface area contributed by atoms with E-state index in [1.165, 1.54) is 0 Å². The molecule has 0 saturated heterocycles. The Bertz CT molecular complexity index is 365. The highest BCUT2D eigenvalue weighted by Gasteiger charge is 2.11. The van der Waals surface area contributed by atoms with Crippen molar-refractivity contribution < 1.29 is 10.2 Å². The first-order valence-corrected chi connectivity index (χ1v) is 4.13. The minimum Gasteiger partial charge on any atom is -0.508 e. The molecule has 0 aromatic heterocycles. The van der Waals surface area contributed by atoms with Crippen LogP contribution in [0.1, 0.15) is 23.6 Å². The highest BCUT2D eigenvalue weighted by Crippen LogP contribution is 2.35. The quantitative estimate of drug-likeness (QED) is 0.694. The Morgan fingerprint density at radius 1 is 1.31 bits per heavy atom. The van der Waals surface area contributed by atoms with Gasteiger partial charge in [0.15, 0.2) is 0 Å². The molecule has 0 bridgehead atoms. The maximum Gasteiger partial charge on any atom is 0.129 e. The van der Waals surface area contributed by atoms with E-state index in [1.54, 1.807) is 13.0 Å². The van der Waals surface area contributed by atoms with Gasteiger partial charge in [-0.2, -0.15) is 0 Å². The average Bonchev–Trinajstić information content (AvgIpc) is 1.99.